The number of aromatic nitrogens is 2. The predicted molar refractivity (Wildman–Crippen MR) is 124 cm³/mol. The minimum Gasteiger partial charge on any atom is -0.497 e. The molecule has 0 amide bonds. The highest BCUT2D eigenvalue weighted by molar-refractivity contribution is 5.86. The number of fused-ring (bicyclic) bond motifs is 1. The van der Waals surface area contributed by atoms with E-state index in [1.165, 1.54) is 6.07 Å². The molecule has 2 aromatic carbocycles. The van der Waals surface area contributed by atoms with Crippen molar-refractivity contribution in [3.05, 3.63) is 77.6 Å². The van der Waals surface area contributed by atoms with Crippen molar-refractivity contribution < 1.29 is 13.5 Å². The van der Waals surface area contributed by atoms with E-state index >= 15 is 0 Å². The lowest BCUT2D eigenvalue weighted by Gasteiger charge is -2.19. The highest BCUT2D eigenvalue weighted by atomic mass is 19.1. The van der Waals surface area contributed by atoms with Gasteiger partial charge in [0.15, 0.2) is 0 Å². The van der Waals surface area contributed by atoms with E-state index in [9.17, 15) is 8.78 Å². The summed E-state index contributed by atoms with van der Waals surface area (Å²) in [5, 5.41) is 0.765. The van der Waals surface area contributed by atoms with Crippen molar-refractivity contribution in [3.8, 4) is 16.9 Å². The highest BCUT2D eigenvalue weighted by Gasteiger charge is 2.16. The molecule has 0 aliphatic heterocycles. The van der Waals surface area contributed by atoms with Crippen LogP contribution in [0.25, 0.3) is 22.0 Å². The lowest BCUT2D eigenvalue weighted by molar-refractivity contribution is 0.414. The SMILES string of the molecule is CCc1nc2cc(N(C)Cc3ccc(OC)cc3)ncc2cc1-c1cc(N)c(F)cc1F. The summed E-state index contributed by atoms with van der Waals surface area (Å²) >= 11 is 0. The van der Waals surface area contributed by atoms with E-state index in [1.807, 2.05) is 55.3 Å². The Hall–Kier alpha value is -3.74. The molecule has 164 valence electrons. The first-order valence-corrected chi connectivity index (χ1v) is 10.3. The van der Waals surface area contributed by atoms with E-state index in [1.54, 1.807) is 13.3 Å². The maximum absolute atomic E-state index is 14.5. The molecule has 32 heavy (non-hydrogen) atoms. The normalized spacial score (nSPS) is 11.0. The second-order valence-corrected chi connectivity index (χ2v) is 7.63. The van der Waals surface area contributed by atoms with Crippen LogP contribution in [0.15, 0.2) is 54.7 Å². The van der Waals surface area contributed by atoms with Gasteiger partial charge in [0, 0.05) is 54.1 Å². The third-order valence-corrected chi connectivity index (χ3v) is 5.44. The Balaban J connectivity index is 1.69. The summed E-state index contributed by atoms with van der Waals surface area (Å²) in [5.41, 5.74) is 8.98. The van der Waals surface area contributed by atoms with Crippen LogP contribution < -0.4 is 15.4 Å². The first kappa shape index (κ1) is 21.5. The van der Waals surface area contributed by atoms with Crippen LogP contribution in [0.1, 0.15) is 18.2 Å². The summed E-state index contributed by atoms with van der Waals surface area (Å²) in [6.45, 7) is 2.61. The van der Waals surface area contributed by atoms with Crippen LogP contribution in [-0.2, 0) is 13.0 Å². The van der Waals surface area contributed by atoms with Gasteiger partial charge in [0.05, 0.1) is 18.3 Å². The Morgan fingerprint density at radius 1 is 1.00 bits per heavy atom. The summed E-state index contributed by atoms with van der Waals surface area (Å²) in [7, 11) is 3.60. The Morgan fingerprint density at radius 2 is 1.75 bits per heavy atom. The van der Waals surface area contributed by atoms with Gasteiger partial charge in [-0.05, 0) is 36.2 Å². The summed E-state index contributed by atoms with van der Waals surface area (Å²) in [6.07, 6.45) is 2.30. The Bertz CT molecular complexity index is 1280. The third-order valence-electron chi connectivity index (χ3n) is 5.44. The first-order chi connectivity index (χ1) is 15.4. The van der Waals surface area contributed by atoms with Gasteiger partial charge in [-0.1, -0.05) is 19.1 Å². The molecule has 2 aromatic heterocycles. The van der Waals surface area contributed by atoms with Crippen molar-refractivity contribution in [1.82, 2.24) is 9.97 Å². The van der Waals surface area contributed by atoms with Crippen molar-refractivity contribution in [1.29, 1.82) is 0 Å². The molecule has 0 spiro atoms. The molecule has 0 aliphatic rings. The van der Waals surface area contributed by atoms with E-state index in [0.29, 0.717) is 24.2 Å². The number of benzene rings is 2. The van der Waals surface area contributed by atoms with Gasteiger partial charge in [0.1, 0.15) is 23.2 Å². The summed E-state index contributed by atoms with van der Waals surface area (Å²) < 4.78 is 33.3. The molecule has 4 rings (SSSR count). The summed E-state index contributed by atoms with van der Waals surface area (Å²) in [4.78, 5) is 11.3. The monoisotopic (exact) mass is 434 g/mol. The molecule has 0 saturated carbocycles. The number of nitrogens with two attached hydrogens (primary N) is 1. The molecule has 5 nitrogen and oxygen atoms in total. The van der Waals surface area contributed by atoms with Crippen molar-refractivity contribution >= 4 is 22.4 Å². The number of aryl methyl sites for hydroxylation is 1. The van der Waals surface area contributed by atoms with Crippen molar-refractivity contribution in [2.24, 2.45) is 0 Å². The van der Waals surface area contributed by atoms with Gasteiger partial charge in [-0.25, -0.2) is 13.8 Å². The standard InChI is InChI=1S/C25H24F2N4O/c1-4-23-19(18-10-22(28)21(27)11-20(18)26)9-16-13-29-25(12-24(16)30-23)31(2)14-15-5-7-17(32-3)8-6-15/h5-13H,4,14,28H2,1-3H3. The topological polar surface area (TPSA) is 64.3 Å². The van der Waals surface area contributed by atoms with Crippen molar-refractivity contribution in [3.63, 3.8) is 0 Å². The number of nitrogens with zero attached hydrogens (tertiary/aromatic N) is 3. The van der Waals surface area contributed by atoms with Crippen molar-refractivity contribution in [2.45, 2.75) is 19.9 Å². The number of rotatable bonds is 6. The van der Waals surface area contributed by atoms with Crippen LogP contribution in [0.5, 0.6) is 5.75 Å². The zero-order valence-corrected chi connectivity index (χ0v) is 18.2. The number of pyridine rings is 2. The molecule has 7 heteroatoms. The second kappa shape index (κ2) is 8.78. The highest BCUT2D eigenvalue weighted by Crippen LogP contribution is 2.32. The van der Waals surface area contributed by atoms with Gasteiger partial charge in [-0.2, -0.15) is 0 Å². The van der Waals surface area contributed by atoms with E-state index in [4.69, 9.17) is 15.5 Å². The molecule has 0 saturated heterocycles. The molecule has 0 atom stereocenters. The number of hydrogen-bond donors (Lipinski definition) is 1. The zero-order valence-electron chi connectivity index (χ0n) is 18.2. The average Bonchev–Trinajstić information content (AvgIpc) is 2.80. The van der Waals surface area contributed by atoms with Crippen LogP contribution in [-0.4, -0.2) is 24.1 Å². The molecule has 0 fully saturated rings. The molecular weight excluding hydrogens is 410 g/mol. The number of anilines is 2. The summed E-state index contributed by atoms with van der Waals surface area (Å²) in [5.74, 6) is 0.139. The number of nitrogen functional groups attached to an aromatic ring is 1. The van der Waals surface area contributed by atoms with Gasteiger partial charge < -0.3 is 15.4 Å². The van der Waals surface area contributed by atoms with Crippen LogP contribution in [0.2, 0.25) is 0 Å². The zero-order chi connectivity index (χ0) is 22.8. The summed E-state index contributed by atoms with van der Waals surface area (Å²) in [6, 6.07) is 13.7. The first-order valence-electron chi connectivity index (χ1n) is 10.3. The van der Waals surface area contributed by atoms with Gasteiger partial charge in [0.25, 0.3) is 0 Å². The quantitative estimate of drug-likeness (QED) is 0.414. The van der Waals surface area contributed by atoms with Gasteiger partial charge in [-0.15, -0.1) is 0 Å². The lowest BCUT2D eigenvalue weighted by atomic mass is 9.99. The molecule has 2 N–H and O–H groups in total. The molecule has 0 unspecified atom stereocenters. The van der Waals surface area contributed by atoms with Crippen LogP contribution in [0.3, 0.4) is 0 Å². The smallest absolute Gasteiger partial charge is 0.149 e. The van der Waals surface area contributed by atoms with Gasteiger partial charge in [-0.3, -0.25) is 4.98 Å². The fourth-order valence-corrected chi connectivity index (χ4v) is 3.67. The van der Waals surface area contributed by atoms with Crippen LogP contribution >= 0.6 is 0 Å². The van der Waals surface area contributed by atoms with E-state index in [2.05, 4.69) is 4.98 Å². The number of ether oxygens (including phenoxy) is 1. The van der Waals surface area contributed by atoms with Crippen molar-refractivity contribution in [2.75, 3.05) is 24.8 Å². The number of hydrogen-bond acceptors (Lipinski definition) is 5. The fraction of sp³-hybridized carbons (Fsp3) is 0.200. The Kier molecular flexibility index (Phi) is 5.90. The molecule has 0 bridgehead atoms. The minimum atomic E-state index is -0.774. The van der Waals surface area contributed by atoms with Crippen LogP contribution in [0, 0.1) is 11.6 Å². The number of halogens is 2. The lowest BCUT2D eigenvalue weighted by Crippen LogP contribution is -2.17. The largest absolute Gasteiger partial charge is 0.497 e. The van der Waals surface area contributed by atoms with Crippen LogP contribution in [0.4, 0.5) is 20.3 Å². The predicted octanol–water partition coefficient (Wildman–Crippen LogP) is 5.36. The third kappa shape index (κ3) is 4.19. The molecule has 2 heterocycles. The number of methoxy groups -OCH3 is 1. The van der Waals surface area contributed by atoms with Gasteiger partial charge in [0.2, 0.25) is 0 Å². The van der Waals surface area contributed by atoms with E-state index in [0.717, 1.165) is 34.1 Å². The molecular formula is C25H24F2N4O. The molecule has 4 aromatic rings. The van der Waals surface area contributed by atoms with E-state index < -0.39 is 11.6 Å². The van der Waals surface area contributed by atoms with Gasteiger partial charge >= 0.3 is 0 Å². The molecule has 0 aliphatic carbocycles. The fourth-order valence-electron chi connectivity index (χ4n) is 3.67. The maximum Gasteiger partial charge on any atom is 0.149 e. The Morgan fingerprint density at radius 3 is 2.44 bits per heavy atom. The Labute approximate surface area is 185 Å². The maximum atomic E-state index is 14.5. The van der Waals surface area contributed by atoms with E-state index in [-0.39, 0.29) is 11.3 Å². The minimum absolute atomic E-state index is 0.0998. The second-order valence-electron chi connectivity index (χ2n) is 7.63. The average molecular weight is 434 g/mol. The molecule has 0 radical (unpaired) electrons.